The van der Waals surface area contributed by atoms with Gasteiger partial charge in [0.05, 0.1) is 38.4 Å². The van der Waals surface area contributed by atoms with Crippen LogP contribution in [0.4, 0.5) is 19.2 Å². The van der Waals surface area contributed by atoms with Gasteiger partial charge < -0.3 is 28.4 Å². The Morgan fingerprint density at radius 2 is 0.716 bits per heavy atom. The number of carbonyl (C=O) groups is 4. The minimum Gasteiger partial charge on any atom is -0.493 e. The summed E-state index contributed by atoms with van der Waals surface area (Å²) >= 11 is 0. The molecule has 0 saturated carbocycles. The topological polar surface area (TPSA) is 146 Å². The van der Waals surface area contributed by atoms with E-state index in [1.54, 1.807) is 14.2 Å². The van der Waals surface area contributed by atoms with Crippen molar-refractivity contribution < 1.29 is 47.6 Å². The fraction of sp³-hybridized carbons (Fsp3) is 0.404. The average molecular weight is 1010 g/mol. The first-order chi connectivity index (χ1) is 36.2. The zero-order valence-corrected chi connectivity index (χ0v) is 42.1. The summed E-state index contributed by atoms with van der Waals surface area (Å²) in [5, 5.41) is 5.98. The lowest BCUT2D eigenvalue weighted by atomic mass is 9.92. The lowest BCUT2D eigenvalue weighted by Crippen LogP contribution is -2.62. The molecule has 0 aromatic heterocycles. The van der Waals surface area contributed by atoms with Gasteiger partial charge in [0.2, 0.25) is 0 Å². The number of piperidine rings is 3. The number of ether oxygens (including phenoxy) is 6. The molecule has 5 aromatic carbocycles. The van der Waals surface area contributed by atoms with Gasteiger partial charge in [-0.3, -0.25) is 14.7 Å². The number of methoxy groups -OCH3 is 2. The number of benzene rings is 5. The predicted octanol–water partition coefficient (Wildman–Crippen LogP) is 7.99. The van der Waals surface area contributed by atoms with E-state index in [1.165, 1.54) is 20.0 Å². The van der Waals surface area contributed by atoms with Crippen molar-refractivity contribution in [3.05, 3.63) is 167 Å². The van der Waals surface area contributed by atoms with Gasteiger partial charge in [-0.05, 0) is 65.6 Å². The van der Waals surface area contributed by atoms with Crippen LogP contribution in [-0.4, -0.2) is 155 Å². The van der Waals surface area contributed by atoms with Crippen molar-refractivity contribution in [1.82, 2.24) is 34.7 Å². The molecule has 0 spiro atoms. The summed E-state index contributed by atoms with van der Waals surface area (Å²) in [5.74, 6) is 1.34. The summed E-state index contributed by atoms with van der Waals surface area (Å²) in [6, 6.07) is 42.7. The Morgan fingerprint density at radius 3 is 1.04 bits per heavy atom. The molecule has 5 fully saturated rings. The minimum atomic E-state index is -0.597. The second kappa shape index (κ2) is 23.3. The average Bonchev–Trinajstić information content (AvgIpc) is 3.88. The van der Waals surface area contributed by atoms with Gasteiger partial charge >= 0.3 is 24.4 Å². The first kappa shape index (κ1) is 50.2. The van der Waals surface area contributed by atoms with Crippen molar-refractivity contribution in [2.24, 2.45) is 0 Å². The number of nitrogens with zero attached hydrogens (tertiary/aromatic N) is 7. The molecule has 5 aliphatic heterocycles. The van der Waals surface area contributed by atoms with Gasteiger partial charge in [0.15, 0.2) is 11.5 Å². The van der Waals surface area contributed by atoms with Crippen LogP contribution in [0.15, 0.2) is 140 Å². The molecule has 0 aliphatic carbocycles. The molecule has 0 N–H and O–H groups in total. The lowest BCUT2D eigenvalue weighted by molar-refractivity contribution is -0.0199. The monoisotopic (exact) mass is 1010 g/mol. The van der Waals surface area contributed by atoms with E-state index in [0.29, 0.717) is 50.5 Å². The quantitative estimate of drug-likeness (QED) is 0.0936. The van der Waals surface area contributed by atoms with Crippen LogP contribution < -0.4 is 9.47 Å². The normalized spacial score (nSPS) is 22.8. The largest absolute Gasteiger partial charge is 0.493 e. The molecular formula is C57H65N7O10. The van der Waals surface area contributed by atoms with Crippen molar-refractivity contribution in [3.8, 4) is 11.5 Å². The van der Waals surface area contributed by atoms with E-state index in [-0.39, 0.29) is 62.7 Å². The maximum absolute atomic E-state index is 14.2. The van der Waals surface area contributed by atoms with Gasteiger partial charge in [0.1, 0.15) is 26.4 Å². The van der Waals surface area contributed by atoms with E-state index in [2.05, 4.69) is 20.8 Å². The number of fused-ring (bicyclic) bond motifs is 4. The van der Waals surface area contributed by atoms with E-state index in [0.717, 1.165) is 60.3 Å². The molecule has 0 radical (unpaired) electrons. The van der Waals surface area contributed by atoms with Gasteiger partial charge in [-0.25, -0.2) is 39.2 Å². The minimum absolute atomic E-state index is 0.0189. The van der Waals surface area contributed by atoms with Crippen LogP contribution in [-0.2, 0) is 51.8 Å². The summed E-state index contributed by atoms with van der Waals surface area (Å²) in [6.07, 6.45) is 0.304. The molecule has 4 amide bonds. The van der Waals surface area contributed by atoms with E-state index >= 15 is 0 Å². The van der Waals surface area contributed by atoms with E-state index in [9.17, 15) is 19.2 Å². The summed E-state index contributed by atoms with van der Waals surface area (Å²) in [5.41, 5.74) is 4.48. The third-order valence-electron chi connectivity index (χ3n) is 15.0. The molecule has 5 heterocycles. The fourth-order valence-electron chi connectivity index (χ4n) is 11.4. The van der Waals surface area contributed by atoms with Gasteiger partial charge in [-0.15, -0.1) is 0 Å². The fourth-order valence-corrected chi connectivity index (χ4v) is 11.4. The SMILES string of the molecule is COc1ccc(CCN2C[C@H](N3C[C@H]4C[C@@H](C3)N(C(=O)OCc3ccccc3)N4C(=O)OCc3ccccc3)C[C@H](N3C[C@H]4C[C@@H](C3)N(C(=O)OCc3ccccc3)N4C(=O)OCc3ccccc3)C2)cc1OC. The molecule has 6 atom stereocenters. The second-order valence-electron chi connectivity index (χ2n) is 19.8. The van der Waals surface area contributed by atoms with Gasteiger partial charge in [0.25, 0.3) is 0 Å². The molecule has 5 saturated heterocycles. The van der Waals surface area contributed by atoms with Crippen LogP contribution in [0.5, 0.6) is 11.5 Å². The first-order valence-electron chi connectivity index (χ1n) is 25.6. The highest BCUT2D eigenvalue weighted by Crippen LogP contribution is 2.38. The van der Waals surface area contributed by atoms with Crippen molar-refractivity contribution in [1.29, 1.82) is 0 Å². The molecule has 0 unspecified atom stereocenters. The van der Waals surface area contributed by atoms with Crippen LogP contribution in [0.2, 0.25) is 0 Å². The Morgan fingerprint density at radius 1 is 0.392 bits per heavy atom. The van der Waals surface area contributed by atoms with E-state index < -0.39 is 24.4 Å². The standard InChI is InChI=1S/C57H65N7O10/c1-69-52-24-23-41(27-53(52)70-2)25-26-58-31-46(59-33-48-29-49(34-59)62(55(66)72-38-43-17-9-4-10-18-43)61(48)54(65)71-37-42-15-7-3-8-16-42)28-47(32-58)60-35-50-30-51(36-60)64(57(68)74-40-45-21-13-6-14-22-45)63(50)56(67)73-39-44-19-11-5-12-20-44/h3-24,27,46-51H,25-26,28-40H2,1-2H3/t46-,47+,48-,49+,50-,51+. The van der Waals surface area contributed by atoms with Crippen molar-refractivity contribution in [2.45, 2.75) is 88.4 Å². The maximum Gasteiger partial charge on any atom is 0.429 e. The second-order valence-corrected chi connectivity index (χ2v) is 19.8. The highest BCUT2D eigenvalue weighted by Gasteiger charge is 2.54. The smallest absolute Gasteiger partial charge is 0.429 e. The van der Waals surface area contributed by atoms with Gasteiger partial charge in [-0.2, -0.15) is 0 Å². The first-order valence-corrected chi connectivity index (χ1v) is 25.6. The maximum atomic E-state index is 14.2. The summed E-state index contributed by atoms with van der Waals surface area (Å²) in [4.78, 5) is 64.3. The third kappa shape index (κ3) is 11.5. The zero-order chi connectivity index (χ0) is 51.0. The Kier molecular flexibility index (Phi) is 15.8. The number of amides is 4. The van der Waals surface area contributed by atoms with Crippen LogP contribution >= 0.6 is 0 Å². The van der Waals surface area contributed by atoms with E-state index in [4.69, 9.17) is 28.4 Å². The molecule has 17 heteroatoms. The molecular weight excluding hydrogens is 943 g/mol. The molecule has 5 aliphatic rings. The number of rotatable bonds is 15. The summed E-state index contributed by atoms with van der Waals surface area (Å²) in [7, 11) is 3.27. The highest BCUT2D eigenvalue weighted by molar-refractivity contribution is 5.77. The Hall–Kier alpha value is -7.34. The van der Waals surface area contributed by atoms with Crippen molar-refractivity contribution in [2.75, 3.05) is 60.0 Å². The molecule has 5 aromatic rings. The highest BCUT2D eigenvalue weighted by atomic mass is 16.6. The zero-order valence-electron chi connectivity index (χ0n) is 42.1. The number of carbonyl (C=O) groups excluding carboxylic acids is 4. The molecule has 17 nitrogen and oxygen atoms in total. The summed E-state index contributed by atoms with van der Waals surface area (Å²) in [6.45, 7) is 4.57. The van der Waals surface area contributed by atoms with Crippen LogP contribution in [0.25, 0.3) is 0 Å². The molecule has 74 heavy (non-hydrogen) atoms. The van der Waals surface area contributed by atoms with E-state index in [1.807, 2.05) is 133 Å². The Bertz CT molecular complexity index is 2400. The van der Waals surface area contributed by atoms with Gasteiger partial charge in [0, 0.05) is 57.9 Å². The van der Waals surface area contributed by atoms with Gasteiger partial charge in [-0.1, -0.05) is 127 Å². The summed E-state index contributed by atoms with van der Waals surface area (Å²) < 4.78 is 34.9. The number of hydrazine groups is 2. The molecule has 10 rings (SSSR count). The molecule has 388 valence electrons. The number of likely N-dealkylation sites (tertiary alicyclic amines) is 3. The lowest BCUT2D eigenvalue weighted by Gasteiger charge is -2.48. The van der Waals surface area contributed by atoms with Crippen LogP contribution in [0.3, 0.4) is 0 Å². The number of hydrogen-bond acceptors (Lipinski definition) is 13. The Labute approximate surface area is 432 Å². The molecule has 4 bridgehead atoms. The van der Waals surface area contributed by atoms with Crippen LogP contribution in [0.1, 0.15) is 47.1 Å². The number of hydrogen-bond donors (Lipinski definition) is 0. The Balaban J connectivity index is 0.904. The van der Waals surface area contributed by atoms with Crippen molar-refractivity contribution >= 4 is 24.4 Å². The van der Waals surface area contributed by atoms with Crippen molar-refractivity contribution in [3.63, 3.8) is 0 Å². The van der Waals surface area contributed by atoms with Crippen LogP contribution in [0, 0.1) is 0 Å². The third-order valence-corrected chi connectivity index (χ3v) is 15.0. The predicted molar refractivity (Wildman–Crippen MR) is 273 cm³/mol.